The number of carbonyl (C=O) groups excluding carboxylic acids is 2. The summed E-state index contributed by atoms with van der Waals surface area (Å²) < 4.78 is 6.63. The zero-order valence-electron chi connectivity index (χ0n) is 8.69. The first kappa shape index (κ1) is 11.4. The quantitative estimate of drug-likeness (QED) is 0.716. The number of hydrogen-bond acceptors (Lipinski definition) is 4. The molecule has 1 rings (SSSR count). The van der Waals surface area contributed by atoms with Crippen LogP contribution in [0, 0.1) is 0 Å². The molecule has 0 fully saturated rings. The van der Waals surface area contributed by atoms with Crippen LogP contribution in [0.3, 0.4) is 0 Å². The maximum absolute atomic E-state index is 11.0. The molecule has 1 N–H and O–H groups in total. The number of hydrogen-bond donors (Lipinski definition) is 1. The van der Waals surface area contributed by atoms with Gasteiger partial charge in [-0.15, -0.1) is 0 Å². The summed E-state index contributed by atoms with van der Waals surface area (Å²) in [5.41, 5.74) is 0.481. The molecule has 6 heteroatoms. The van der Waals surface area contributed by atoms with Crippen molar-refractivity contribution in [3.63, 3.8) is 0 Å². The molecule has 0 spiro atoms. The van der Waals surface area contributed by atoms with Crippen LogP contribution < -0.4 is 5.32 Å². The van der Waals surface area contributed by atoms with E-state index in [0.29, 0.717) is 19.0 Å². The first-order chi connectivity index (χ1) is 7.13. The zero-order chi connectivity index (χ0) is 11.3. The minimum Gasteiger partial charge on any atom is -0.360 e. The average molecular weight is 211 g/mol. The number of Topliss-reactive ketones (excluding diaryl/α,β-unsaturated/α-hetero) is 1. The van der Waals surface area contributed by atoms with Gasteiger partial charge in [0.1, 0.15) is 6.73 Å². The van der Waals surface area contributed by atoms with Crippen LogP contribution >= 0.6 is 0 Å². The number of aromatic nitrogens is 2. The number of ketones is 1. The van der Waals surface area contributed by atoms with Crippen LogP contribution in [0.2, 0.25) is 0 Å². The molecule has 0 aliphatic heterocycles. The van der Waals surface area contributed by atoms with Gasteiger partial charge in [0, 0.05) is 13.5 Å². The Bertz CT molecular complexity index is 359. The van der Waals surface area contributed by atoms with E-state index >= 15 is 0 Å². The molecule has 1 aromatic heterocycles. The lowest BCUT2D eigenvalue weighted by Crippen LogP contribution is -2.19. The highest BCUT2D eigenvalue weighted by Crippen LogP contribution is 2.04. The molecule has 0 aromatic carbocycles. The minimum atomic E-state index is -0.647. The number of carbonyl (C=O) groups is 2. The molecule has 0 aliphatic rings. The molecule has 0 aliphatic carbocycles. The third-order valence-electron chi connectivity index (χ3n) is 1.64. The summed E-state index contributed by atoms with van der Waals surface area (Å²) >= 11 is 0. The Morgan fingerprint density at radius 3 is 2.93 bits per heavy atom. The normalized spacial score (nSPS) is 10.0. The van der Waals surface area contributed by atoms with Crippen LogP contribution in [0.5, 0.6) is 0 Å². The molecule has 0 unspecified atom stereocenters. The monoisotopic (exact) mass is 211 g/mol. The molecule has 1 aromatic rings. The second kappa shape index (κ2) is 5.26. The highest BCUT2D eigenvalue weighted by molar-refractivity contribution is 6.39. The lowest BCUT2D eigenvalue weighted by Gasteiger charge is -2.00. The number of anilines is 1. The first-order valence-electron chi connectivity index (χ1n) is 4.55. The highest BCUT2D eigenvalue weighted by atomic mass is 16.5. The van der Waals surface area contributed by atoms with Crippen LogP contribution in [0.4, 0.5) is 5.69 Å². The summed E-state index contributed by atoms with van der Waals surface area (Å²) in [5.74, 6) is -1.18. The van der Waals surface area contributed by atoms with Gasteiger partial charge in [0.05, 0.1) is 18.1 Å². The molecule has 0 bridgehead atoms. The van der Waals surface area contributed by atoms with Gasteiger partial charge in [-0.1, -0.05) is 0 Å². The van der Waals surface area contributed by atoms with Crippen molar-refractivity contribution in [3.05, 3.63) is 12.4 Å². The first-order valence-corrected chi connectivity index (χ1v) is 4.55. The lowest BCUT2D eigenvalue weighted by atomic mass is 10.4. The minimum absolute atomic E-state index is 0.326. The van der Waals surface area contributed by atoms with Crippen molar-refractivity contribution in [1.29, 1.82) is 0 Å². The van der Waals surface area contributed by atoms with Crippen LogP contribution in [0.25, 0.3) is 0 Å². The summed E-state index contributed by atoms with van der Waals surface area (Å²) in [7, 11) is 0. The standard InChI is InChI=1S/C9H13N3O3/c1-3-15-6-12-5-8(4-10-12)11-9(14)7(2)13/h4-5H,3,6H2,1-2H3,(H,11,14). The van der Waals surface area contributed by atoms with Crippen molar-refractivity contribution in [3.8, 4) is 0 Å². The maximum atomic E-state index is 11.0. The topological polar surface area (TPSA) is 73.2 Å². The van der Waals surface area contributed by atoms with Crippen LogP contribution in [-0.2, 0) is 21.1 Å². The van der Waals surface area contributed by atoms with Gasteiger partial charge >= 0.3 is 0 Å². The van der Waals surface area contributed by atoms with Crippen molar-refractivity contribution < 1.29 is 14.3 Å². The van der Waals surface area contributed by atoms with Crippen molar-refractivity contribution >= 4 is 17.4 Å². The van der Waals surface area contributed by atoms with Gasteiger partial charge in [0.15, 0.2) is 0 Å². The van der Waals surface area contributed by atoms with Crippen molar-refractivity contribution in [2.45, 2.75) is 20.6 Å². The van der Waals surface area contributed by atoms with Gasteiger partial charge in [-0.05, 0) is 6.92 Å². The van der Waals surface area contributed by atoms with E-state index in [1.54, 1.807) is 6.20 Å². The van der Waals surface area contributed by atoms with Gasteiger partial charge in [-0.2, -0.15) is 5.10 Å². The molecule has 0 atom stereocenters. The molecule has 6 nitrogen and oxygen atoms in total. The van der Waals surface area contributed by atoms with Crippen LogP contribution in [0.1, 0.15) is 13.8 Å². The summed E-state index contributed by atoms with van der Waals surface area (Å²) in [6, 6.07) is 0. The van der Waals surface area contributed by atoms with E-state index in [0.717, 1.165) is 0 Å². The van der Waals surface area contributed by atoms with Crippen molar-refractivity contribution in [1.82, 2.24) is 9.78 Å². The molecule has 82 valence electrons. The number of ether oxygens (including phenoxy) is 1. The van der Waals surface area contributed by atoms with Gasteiger partial charge in [-0.3, -0.25) is 9.59 Å². The van der Waals surface area contributed by atoms with Crippen molar-refractivity contribution in [2.24, 2.45) is 0 Å². The second-order valence-corrected chi connectivity index (χ2v) is 2.90. The van der Waals surface area contributed by atoms with E-state index in [1.807, 2.05) is 6.92 Å². The van der Waals surface area contributed by atoms with E-state index in [2.05, 4.69) is 10.4 Å². The Morgan fingerprint density at radius 1 is 1.60 bits per heavy atom. The van der Waals surface area contributed by atoms with Crippen LogP contribution in [-0.4, -0.2) is 28.1 Å². The number of amides is 1. The van der Waals surface area contributed by atoms with Gasteiger partial charge < -0.3 is 10.1 Å². The van der Waals surface area contributed by atoms with E-state index in [9.17, 15) is 9.59 Å². The summed E-state index contributed by atoms with van der Waals surface area (Å²) in [6.07, 6.45) is 3.05. The highest BCUT2D eigenvalue weighted by Gasteiger charge is 2.08. The fourth-order valence-corrected chi connectivity index (χ4v) is 0.903. The molecular formula is C9H13N3O3. The fraction of sp³-hybridized carbons (Fsp3) is 0.444. The zero-order valence-corrected chi connectivity index (χ0v) is 8.69. The maximum Gasteiger partial charge on any atom is 0.291 e. The Balaban J connectivity index is 2.52. The Hall–Kier alpha value is -1.69. The number of rotatable bonds is 5. The van der Waals surface area contributed by atoms with E-state index < -0.39 is 11.7 Å². The van der Waals surface area contributed by atoms with Crippen LogP contribution in [0.15, 0.2) is 12.4 Å². The Morgan fingerprint density at radius 2 is 2.33 bits per heavy atom. The van der Waals surface area contributed by atoms with E-state index in [4.69, 9.17) is 4.74 Å². The number of nitrogens with zero attached hydrogens (tertiary/aromatic N) is 2. The third kappa shape index (κ3) is 3.51. The lowest BCUT2D eigenvalue weighted by molar-refractivity contribution is -0.133. The predicted octanol–water partition coefficient (Wildman–Crippen LogP) is 0.405. The van der Waals surface area contributed by atoms with Crippen molar-refractivity contribution in [2.75, 3.05) is 11.9 Å². The summed E-state index contributed by atoms with van der Waals surface area (Å²) in [5, 5.41) is 6.34. The predicted molar refractivity (Wildman–Crippen MR) is 53.2 cm³/mol. The Labute approximate surface area is 87.2 Å². The van der Waals surface area contributed by atoms with E-state index in [-0.39, 0.29) is 0 Å². The number of nitrogens with one attached hydrogen (secondary N) is 1. The average Bonchev–Trinajstić information content (AvgIpc) is 2.62. The van der Waals surface area contributed by atoms with Gasteiger partial charge in [0.2, 0.25) is 5.78 Å². The van der Waals surface area contributed by atoms with Gasteiger partial charge in [0.25, 0.3) is 5.91 Å². The Kier molecular flexibility index (Phi) is 3.99. The molecule has 0 saturated carbocycles. The molecule has 1 heterocycles. The second-order valence-electron chi connectivity index (χ2n) is 2.90. The molecule has 15 heavy (non-hydrogen) atoms. The smallest absolute Gasteiger partial charge is 0.291 e. The van der Waals surface area contributed by atoms with E-state index in [1.165, 1.54) is 17.8 Å². The SMILES string of the molecule is CCOCn1cc(NC(=O)C(C)=O)cn1. The summed E-state index contributed by atoms with van der Waals surface area (Å²) in [4.78, 5) is 21.7. The molecular weight excluding hydrogens is 198 g/mol. The largest absolute Gasteiger partial charge is 0.360 e. The third-order valence-corrected chi connectivity index (χ3v) is 1.64. The summed E-state index contributed by atoms with van der Waals surface area (Å²) in [6.45, 7) is 4.00. The molecule has 0 saturated heterocycles. The molecule has 1 amide bonds. The fourth-order valence-electron chi connectivity index (χ4n) is 0.903. The van der Waals surface area contributed by atoms with Gasteiger partial charge in [-0.25, -0.2) is 4.68 Å². The molecule has 0 radical (unpaired) electrons.